The van der Waals surface area contributed by atoms with E-state index in [0.717, 1.165) is 31.4 Å². The van der Waals surface area contributed by atoms with Crippen molar-refractivity contribution in [1.29, 1.82) is 0 Å². The average molecular weight is 342 g/mol. The Hall–Kier alpha value is -1.47. The van der Waals surface area contributed by atoms with E-state index >= 15 is 0 Å². The largest absolute Gasteiger partial charge is 0.342 e. The fourth-order valence-electron chi connectivity index (χ4n) is 2.10. The number of rotatable bonds is 7. The van der Waals surface area contributed by atoms with E-state index in [1.165, 1.54) is 11.0 Å². The molecule has 0 bridgehead atoms. The third-order valence-electron chi connectivity index (χ3n) is 3.76. The third-order valence-corrected chi connectivity index (χ3v) is 5.29. The Bertz CT molecular complexity index is 685. The molecule has 7 heteroatoms. The normalized spacial score (nSPS) is 15.0. The average Bonchev–Trinajstić information content (AvgIpc) is 3.27. The van der Waals surface area contributed by atoms with Gasteiger partial charge in [0.1, 0.15) is 10.7 Å². The van der Waals surface area contributed by atoms with Crippen LogP contribution >= 0.6 is 0 Å². The molecule has 23 heavy (non-hydrogen) atoms. The van der Waals surface area contributed by atoms with Crippen molar-refractivity contribution >= 4 is 15.9 Å². The van der Waals surface area contributed by atoms with Crippen molar-refractivity contribution in [3.8, 4) is 0 Å². The van der Waals surface area contributed by atoms with E-state index < -0.39 is 20.7 Å². The molecule has 1 fully saturated rings. The van der Waals surface area contributed by atoms with Crippen LogP contribution in [0.2, 0.25) is 0 Å². The van der Waals surface area contributed by atoms with Gasteiger partial charge in [0.2, 0.25) is 10.0 Å². The van der Waals surface area contributed by atoms with Gasteiger partial charge in [-0.1, -0.05) is 13.8 Å². The number of carbonyl (C=O) groups excluding carboxylic acids is 1. The molecule has 1 aromatic rings. The van der Waals surface area contributed by atoms with Gasteiger partial charge < -0.3 is 4.90 Å². The molecule has 1 aliphatic carbocycles. The quantitative estimate of drug-likeness (QED) is 0.827. The van der Waals surface area contributed by atoms with Crippen molar-refractivity contribution in [1.82, 2.24) is 9.62 Å². The number of carbonyl (C=O) groups is 1. The second-order valence-corrected chi connectivity index (χ2v) is 8.13. The van der Waals surface area contributed by atoms with Crippen LogP contribution in [-0.4, -0.2) is 38.9 Å². The van der Waals surface area contributed by atoms with Crippen LogP contribution in [0.4, 0.5) is 4.39 Å². The molecule has 128 valence electrons. The predicted octanol–water partition coefficient (Wildman–Crippen LogP) is 2.38. The second-order valence-electron chi connectivity index (χ2n) is 6.45. The fraction of sp³-hybridized carbons (Fsp3) is 0.562. The first-order valence-corrected chi connectivity index (χ1v) is 9.26. The summed E-state index contributed by atoms with van der Waals surface area (Å²) < 4.78 is 40.7. The zero-order valence-electron chi connectivity index (χ0n) is 13.7. The minimum absolute atomic E-state index is 0.118. The maximum Gasteiger partial charge on any atom is 0.253 e. The lowest BCUT2D eigenvalue weighted by Gasteiger charge is -2.19. The minimum Gasteiger partial charge on any atom is -0.342 e. The molecule has 2 rings (SSSR count). The molecule has 0 atom stereocenters. The van der Waals surface area contributed by atoms with Gasteiger partial charge in [-0.05, 0) is 43.4 Å². The molecule has 1 N–H and O–H groups in total. The Morgan fingerprint density at radius 1 is 1.39 bits per heavy atom. The first-order valence-electron chi connectivity index (χ1n) is 7.78. The number of hydrogen-bond acceptors (Lipinski definition) is 3. The standard InChI is InChI=1S/C16H23FN2O3S/c1-11(2)8-9-19(3)16(20)12-4-7-14(17)15(10-12)23(21,22)18-13-5-6-13/h4,7,10-11,13,18H,5-6,8-9H2,1-3H3. The summed E-state index contributed by atoms with van der Waals surface area (Å²) in [5.41, 5.74) is 0.175. The molecule has 0 heterocycles. The highest BCUT2D eigenvalue weighted by molar-refractivity contribution is 7.89. The van der Waals surface area contributed by atoms with Gasteiger partial charge >= 0.3 is 0 Å². The summed E-state index contributed by atoms with van der Waals surface area (Å²) in [5, 5.41) is 0. The monoisotopic (exact) mass is 342 g/mol. The van der Waals surface area contributed by atoms with Crippen LogP contribution in [0.5, 0.6) is 0 Å². The van der Waals surface area contributed by atoms with Crippen molar-refractivity contribution in [2.24, 2.45) is 5.92 Å². The van der Waals surface area contributed by atoms with Crippen molar-refractivity contribution in [2.75, 3.05) is 13.6 Å². The fourth-order valence-corrected chi connectivity index (χ4v) is 3.51. The van der Waals surface area contributed by atoms with Crippen LogP contribution in [0.3, 0.4) is 0 Å². The Morgan fingerprint density at radius 3 is 2.61 bits per heavy atom. The number of amides is 1. The molecule has 5 nitrogen and oxygen atoms in total. The van der Waals surface area contributed by atoms with Crippen molar-refractivity contribution in [2.45, 2.75) is 44.0 Å². The molecule has 0 aromatic heterocycles. The highest BCUT2D eigenvalue weighted by Gasteiger charge is 2.30. The van der Waals surface area contributed by atoms with Crippen molar-refractivity contribution < 1.29 is 17.6 Å². The van der Waals surface area contributed by atoms with Gasteiger partial charge in [0, 0.05) is 25.2 Å². The summed E-state index contributed by atoms with van der Waals surface area (Å²) in [4.78, 5) is 13.4. The van der Waals surface area contributed by atoms with Gasteiger partial charge in [0.15, 0.2) is 0 Å². The molecule has 0 spiro atoms. The molecule has 0 saturated heterocycles. The lowest BCUT2D eigenvalue weighted by molar-refractivity contribution is 0.0789. The van der Waals surface area contributed by atoms with Gasteiger partial charge in [-0.3, -0.25) is 4.79 Å². The van der Waals surface area contributed by atoms with Gasteiger partial charge in [0.25, 0.3) is 5.91 Å². The summed E-state index contributed by atoms with van der Waals surface area (Å²) in [7, 11) is -2.27. The molecule has 1 amide bonds. The first kappa shape index (κ1) is 17.9. The zero-order chi connectivity index (χ0) is 17.2. The predicted molar refractivity (Wildman–Crippen MR) is 86.2 cm³/mol. The Balaban J connectivity index is 2.20. The van der Waals surface area contributed by atoms with E-state index in [0.29, 0.717) is 12.5 Å². The first-order chi connectivity index (χ1) is 10.7. The number of sulfonamides is 1. The highest BCUT2D eigenvalue weighted by atomic mass is 32.2. The molecule has 1 saturated carbocycles. The second kappa shape index (κ2) is 6.97. The minimum atomic E-state index is -3.93. The summed E-state index contributed by atoms with van der Waals surface area (Å²) in [6, 6.07) is 3.35. The number of hydrogen-bond donors (Lipinski definition) is 1. The van der Waals surface area contributed by atoms with E-state index in [4.69, 9.17) is 0 Å². The Kier molecular flexibility index (Phi) is 5.41. The molecular weight excluding hydrogens is 319 g/mol. The van der Waals surface area contributed by atoms with E-state index in [1.54, 1.807) is 7.05 Å². The van der Waals surface area contributed by atoms with Gasteiger partial charge in [0.05, 0.1) is 0 Å². The lowest BCUT2D eigenvalue weighted by Crippen LogP contribution is -2.30. The van der Waals surface area contributed by atoms with E-state index in [2.05, 4.69) is 18.6 Å². The smallest absolute Gasteiger partial charge is 0.253 e. The summed E-state index contributed by atoms with van der Waals surface area (Å²) in [6.07, 6.45) is 2.37. The zero-order valence-corrected chi connectivity index (χ0v) is 14.5. The van der Waals surface area contributed by atoms with Crippen LogP contribution in [-0.2, 0) is 10.0 Å². The van der Waals surface area contributed by atoms with E-state index in [-0.39, 0.29) is 17.5 Å². The summed E-state index contributed by atoms with van der Waals surface area (Å²) in [5.74, 6) is -0.704. The molecule has 0 radical (unpaired) electrons. The summed E-state index contributed by atoms with van der Waals surface area (Å²) in [6.45, 7) is 4.69. The molecule has 0 aliphatic heterocycles. The lowest BCUT2D eigenvalue weighted by atomic mass is 10.1. The topological polar surface area (TPSA) is 66.5 Å². The molecule has 1 aromatic carbocycles. The van der Waals surface area contributed by atoms with Crippen molar-refractivity contribution in [3.63, 3.8) is 0 Å². The number of halogens is 1. The van der Waals surface area contributed by atoms with Gasteiger partial charge in [-0.25, -0.2) is 17.5 Å². The molecule has 1 aliphatic rings. The Morgan fingerprint density at radius 2 is 2.04 bits per heavy atom. The highest BCUT2D eigenvalue weighted by Crippen LogP contribution is 2.24. The Labute approximate surface area is 136 Å². The maximum absolute atomic E-state index is 13.9. The van der Waals surface area contributed by atoms with Crippen LogP contribution in [0.15, 0.2) is 23.1 Å². The number of nitrogens with one attached hydrogen (secondary N) is 1. The number of nitrogens with zero attached hydrogens (tertiary/aromatic N) is 1. The van der Waals surface area contributed by atoms with Crippen LogP contribution in [0.25, 0.3) is 0 Å². The SMILES string of the molecule is CC(C)CCN(C)C(=O)c1ccc(F)c(S(=O)(=O)NC2CC2)c1. The van der Waals surface area contributed by atoms with Crippen LogP contribution < -0.4 is 4.72 Å². The molecular formula is C16H23FN2O3S. The number of benzene rings is 1. The van der Waals surface area contributed by atoms with Crippen molar-refractivity contribution in [3.05, 3.63) is 29.6 Å². The van der Waals surface area contributed by atoms with Gasteiger partial charge in [-0.15, -0.1) is 0 Å². The van der Waals surface area contributed by atoms with Gasteiger partial charge in [-0.2, -0.15) is 0 Å². The van der Waals surface area contributed by atoms with Crippen LogP contribution in [0.1, 0.15) is 43.5 Å². The van der Waals surface area contributed by atoms with Crippen LogP contribution in [0, 0.1) is 11.7 Å². The third kappa shape index (κ3) is 4.75. The van der Waals surface area contributed by atoms with E-state index in [1.807, 2.05) is 0 Å². The van der Waals surface area contributed by atoms with E-state index in [9.17, 15) is 17.6 Å². The maximum atomic E-state index is 13.9. The summed E-state index contributed by atoms with van der Waals surface area (Å²) >= 11 is 0. The molecule has 0 unspecified atom stereocenters.